The third-order valence-electron chi connectivity index (χ3n) is 6.78. The minimum Gasteiger partial charge on any atom is -0.465 e. The van der Waals surface area contributed by atoms with E-state index in [-0.39, 0.29) is 29.6 Å². The number of likely N-dealkylation sites (tertiary alicyclic amines) is 1. The third kappa shape index (κ3) is 5.52. The van der Waals surface area contributed by atoms with Crippen molar-refractivity contribution >= 4 is 12.0 Å². The zero-order valence-corrected chi connectivity index (χ0v) is 19.4. The van der Waals surface area contributed by atoms with Gasteiger partial charge in [0, 0.05) is 37.8 Å². The maximum absolute atomic E-state index is 13.5. The molecule has 1 amide bonds. The first-order valence-electron chi connectivity index (χ1n) is 12.0. The van der Waals surface area contributed by atoms with Gasteiger partial charge in [-0.2, -0.15) is 0 Å². The lowest BCUT2D eigenvalue weighted by molar-refractivity contribution is -0.131. The number of nitrogens with zero attached hydrogens (tertiary/aromatic N) is 2. The molecule has 3 aromatic rings. The Bertz CT molecular complexity index is 1090. The number of ether oxygens (including phenoxy) is 1. The molecule has 182 valence electrons. The van der Waals surface area contributed by atoms with E-state index in [1.165, 1.54) is 24.3 Å². The van der Waals surface area contributed by atoms with Gasteiger partial charge in [-0.25, -0.2) is 8.78 Å². The third-order valence-corrected chi connectivity index (χ3v) is 6.78. The van der Waals surface area contributed by atoms with Crippen molar-refractivity contribution in [3.05, 3.63) is 102 Å². The minimum absolute atomic E-state index is 0.0254. The standard InChI is InChI=1S/C28H28F2N2O3/c29-22-7-3-20(4-8-22)28(21-5-9-23(30)10-6-21)35-17-15-31-18-24-11-12-25(19-31)32(24)27(33)14-13-26-2-1-16-34-26/h1-10,13-14,16,24-25,28H,11-12,15,17-19H2/b14-13+/t24-,25+. The quantitative estimate of drug-likeness (QED) is 0.425. The van der Waals surface area contributed by atoms with Crippen molar-refractivity contribution in [1.29, 1.82) is 0 Å². The number of piperazine rings is 1. The first-order chi connectivity index (χ1) is 17.1. The van der Waals surface area contributed by atoms with Gasteiger partial charge >= 0.3 is 0 Å². The van der Waals surface area contributed by atoms with Crippen LogP contribution in [0.25, 0.3) is 6.08 Å². The minimum atomic E-state index is -0.414. The molecule has 0 aliphatic carbocycles. The molecule has 2 aliphatic heterocycles. The molecule has 0 N–H and O–H groups in total. The van der Waals surface area contributed by atoms with Crippen LogP contribution in [0, 0.1) is 11.6 Å². The van der Waals surface area contributed by atoms with Crippen LogP contribution in [0.2, 0.25) is 0 Å². The summed E-state index contributed by atoms with van der Waals surface area (Å²) in [6.45, 7) is 2.79. The molecule has 2 aromatic carbocycles. The number of hydrogen-bond donors (Lipinski definition) is 0. The lowest BCUT2D eigenvalue weighted by Gasteiger charge is -2.40. The number of carbonyl (C=O) groups is 1. The number of fused-ring (bicyclic) bond motifs is 2. The topological polar surface area (TPSA) is 45.9 Å². The highest BCUT2D eigenvalue weighted by atomic mass is 19.1. The molecule has 5 nitrogen and oxygen atoms in total. The number of carbonyl (C=O) groups excluding carboxylic acids is 1. The number of hydrogen-bond acceptors (Lipinski definition) is 4. The van der Waals surface area contributed by atoms with E-state index >= 15 is 0 Å². The zero-order chi connectivity index (χ0) is 24.2. The van der Waals surface area contributed by atoms with Crippen LogP contribution in [-0.4, -0.2) is 54.0 Å². The fraction of sp³-hybridized carbons (Fsp3) is 0.321. The van der Waals surface area contributed by atoms with Crippen LogP contribution in [-0.2, 0) is 9.53 Å². The summed E-state index contributed by atoms with van der Waals surface area (Å²) in [6.07, 6.45) is 6.48. The molecular weight excluding hydrogens is 450 g/mol. The summed E-state index contributed by atoms with van der Waals surface area (Å²) in [5.41, 5.74) is 1.63. The van der Waals surface area contributed by atoms with E-state index in [1.807, 2.05) is 11.0 Å². The van der Waals surface area contributed by atoms with Gasteiger partial charge in [-0.15, -0.1) is 0 Å². The molecule has 2 fully saturated rings. The van der Waals surface area contributed by atoms with Crippen LogP contribution in [0.3, 0.4) is 0 Å². The van der Waals surface area contributed by atoms with Crippen molar-refractivity contribution in [2.24, 2.45) is 0 Å². The monoisotopic (exact) mass is 478 g/mol. The number of halogens is 2. The van der Waals surface area contributed by atoms with Gasteiger partial charge in [-0.3, -0.25) is 9.69 Å². The van der Waals surface area contributed by atoms with Crippen molar-refractivity contribution in [3.63, 3.8) is 0 Å². The Morgan fingerprint density at radius 3 is 2.11 bits per heavy atom. The van der Waals surface area contributed by atoms with Crippen molar-refractivity contribution in [2.45, 2.75) is 31.0 Å². The molecular formula is C28H28F2N2O3. The van der Waals surface area contributed by atoms with Crippen LogP contribution < -0.4 is 0 Å². The van der Waals surface area contributed by atoms with Gasteiger partial charge in [0.1, 0.15) is 23.5 Å². The predicted molar refractivity (Wildman–Crippen MR) is 128 cm³/mol. The van der Waals surface area contributed by atoms with E-state index in [0.29, 0.717) is 12.4 Å². The van der Waals surface area contributed by atoms with Crippen molar-refractivity contribution in [2.75, 3.05) is 26.2 Å². The Morgan fingerprint density at radius 2 is 1.57 bits per heavy atom. The van der Waals surface area contributed by atoms with Gasteiger partial charge in [0.05, 0.1) is 12.9 Å². The highest BCUT2D eigenvalue weighted by Gasteiger charge is 2.41. The van der Waals surface area contributed by atoms with Crippen LogP contribution in [0.4, 0.5) is 8.78 Å². The molecule has 7 heteroatoms. The Hall–Kier alpha value is -3.29. The molecule has 3 heterocycles. The molecule has 0 radical (unpaired) electrons. The summed E-state index contributed by atoms with van der Waals surface area (Å²) in [5, 5.41) is 0. The largest absolute Gasteiger partial charge is 0.465 e. The van der Waals surface area contributed by atoms with E-state index in [9.17, 15) is 13.6 Å². The van der Waals surface area contributed by atoms with Crippen LogP contribution in [0.15, 0.2) is 77.4 Å². The Labute approximate surface area is 203 Å². The Balaban J connectivity index is 1.19. The average Bonchev–Trinajstić information content (AvgIpc) is 3.48. The van der Waals surface area contributed by atoms with Gasteiger partial charge in [-0.1, -0.05) is 24.3 Å². The number of amides is 1. The highest BCUT2D eigenvalue weighted by Crippen LogP contribution is 2.31. The van der Waals surface area contributed by atoms with Crippen LogP contribution in [0.1, 0.15) is 35.8 Å². The first kappa shape index (κ1) is 23.5. The molecule has 5 rings (SSSR count). The summed E-state index contributed by atoms with van der Waals surface area (Å²) in [5.74, 6) is 0.0674. The van der Waals surface area contributed by atoms with Crippen LogP contribution in [0.5, 0.6) is 0 Å². The summed E-state index contributed by atoms with van der Waals surface area (Å²) < 4.78 is 38.4. The first-order valence-corrected chi connectivity index (χ1v) is 12.0. The van der Waals surface area contributed by atoms with E-state index in [2.05, 4.69) is 4.90 Å². The lowest BCUT2D eigenvalue weighted by atomic mass is 10.0. The lowest BCUT2D eigenvalue weighted by Crippen LogP contribution is -2.55. The molecule has 2 bridgehead atoms. The predicted octanol–water partition coefficient (Wildman–Crippen LogP) is 5.05. The van der Waals surface area contributed by atoms with E-state index < -0.39 is 6.10 Å². The van der Waals surface area contributed by atoms with Crippen LogP contribution >= 0.6 is 0 Å². The normalized spacial score (nSPS) is 20.3. The van der Waals surface area contributed by atoms with Crippen molar-refractivity contribution < 1.29 is 22.7 Å². The number of benzene rings is 2. The van der Waals surface area contributed by atoms with Gasteiger partial charge in [0.25, 0.3) is 0 Å². The fourth-order valence-corrected chi connectivity index (χ4v) is 5.12. The van der Waals surface area contributed by atoms with Gasteiger partial charge < -0.3 is 14.1 Å². The Kier molecular flexibility index (Phi) is 7.06. The van der Waals surface area contributed by atoms with E-state index in [0.717, 1.165) is 43.6 Å². The molecule has 35 heavy (non-hydrogen) atoms. The second kappa shape index (κ2) is 10.5. The average molecular weight is 479 g/mol. The highest BCUT2D eigenvalue weighted by molar-refractivity contribution is 5.92. The van der Waals surface area contributed by atoms with Gasteiger partial charge in [-0.05, 0) is 66.4 Å². The smallest absolute Gasteiger partial charge is 0.247 e. The number of furan rings is 1. The summed E-state index contributed by atoms with van der Waals surface area (Å²) >= 11 is 0. The maximum Gasteiger partial charge on any atom is 0.247 e. The molecule has 0 saturated carbocycles. The van der Waals surface area contributed by atoms with Crippen molar-refractivity contribution in [3.8, 4) is 0 Å². The summed E-state index contributed by atoms with van der Waals surface area (Å²) in [6, 6.07) is 16.4. The van der Waals surface area contributed by atoms with E-state index in [1.54, 1.807) is 48.7 Å². The second-order valence-corrected chi connectivity index (χ2v) is 9.09. The molecule has 2 aliphatic rings. The fourth-order valence-electron chi connectivity index (χ4n) is 5.12. The van der Waals surface area contributed by atoms with Gasteiger partial charge in [0.2, 0.25) is 5.91 Å². The molecule has 1 aromatic heterocycles. The van der Waals surface area contributed by atoms with E-state index in [4.69, 9.17) is 9.15 Å². The summed E-state index contributed by atoms with van der Waals surface area (Å²) in [7, 11) is 0. The summed E-state index contributed by atoms with van der Waals surface area (Å²) in [4.78, 5) is 17.2. The molecule has 0 spiro atoms. The molecule has 2 atom stereocenters. The molecule has 0 unspecified atom stereocenters. The molecule has 2 saturated heterocycles. The second-order valence-electron chi connectivity index (χ2n) is 9.09. The maximum atomic E-state index is 13.5. The SMILES string of the molecule is O=C(/C=C/c1ccco1)N1[C@@H]2CC[C@H]1CN(CCOC(c1ccc(F)cc1)c1ccc(F)cc1)C2. The van der Waals surface area contributed by atoms with Crippen molar-refractivity contribution in [1.82, 2.24) is 9.80 Å². The number of rotatable bonds is 8. The Morgan fingerprint density at radius 1 is 0.971 bits per heavy atom. The zero-order valence-electron chi connectivity index (χ0n) is 19.4. The van der Waals surface area contributed by atoms with Gasteiger partial charge in [0.15, 0.2) is 0 Å².